The normalized spacial score (nSPS) is 12.5. The van der Waals surface area contributed by atoms with E-state index in [4.69, 9.17) is 49.1 Å². The van der Waals surface area contributed by atoms with Gasteiger partial charge in [-0.2, -0.15) is 0 Å². The van der Waals surface area contributed by atoms with Gasteiger partial charge in [-0.1, -0.05) is 97.4 Å². The zero-order chi connectivity index (χ0) is 34.9. The molecule has 252 valence electrons. The summed E-state index contributed by atoms with van der Waals surface area (Å²) in [5.74, 6) is -3.81. The highest BCUT2D eigenvalue weighted by Crippen LogP contribution is 2.03. The minimum Gasteiger partial charge on any atom is -0.480 e. The highest BCUT2D eigenvalue weighted by Gasteiger charge is 2.13. The largest absolute Gasteiger partial charge is 0.480 e. The van der Waals surface area contributed by atoms with E-state index in [1.807, 2.05) is 91.0 Å². The van der Waals surface area contributed by atoms with Gasteiger partial charge in [-0.05, 0) is 55.3 Å². The molecule has 0 spiro atoms. The van der Waals surface area contributed by atoms with Crippen LogP contribution in [0.25, 0.3) is 0 Å². The van der Waals surface area contributed by atoms with Gasteiger partial charge >= 0.3 is 23.9 Å². The topological polar surface area (TPSA) is 279 Å². The van der Waals surface area contributed by atoms with E-state index in [1.165, 1.54) is 0 Å². The van der Waals surface area contributed by atoms with Crippen molar-refractivity contribution in [2.24, 2.45) is 28.7 Å². The van der Waals surface area contributed by atoms with Gasteiger partial charge in [-0.3, -0.25) is 19.2 Å². The maximum absolute atomic E-state index is 10.4. The summed E-state index contributed by atoms with van der Waals surface area (Å²) in [6.07, 6.45) is 3.32. The standard InChI is InChI=1S/3C9H11NO2.C6H14N2O2/c3*10-8(9(11)12)6-7-4-2-1-3-5-7;7-4-2-1-3-5(8)6(9)10/h3*1-5,8H,6,10H2,(H,11,12);5H,1-4,7-8H2,(H,9,10). The Bertz CT molecular complexity index is 1130. The monoisotopic (exact) mass is 641 g/mol. The highest BCUT2D eigenvalue weighted by atomic mass is 16.4. The molecule has 0 saturated carbocycles. The van der Waals surface area contributed by atoms with Crippen molar-refractivity contribution in [1.82, 2.24) is 0 Å². The first kappa shape index (κ1) is 41.3. The van der Waals surface area contributed by atoms with Crippen LogP contribution in [0.3, 0.4) is 0 Å². The molecule has 0 fully saturated rings. The highest BCUT2D eigenvalue weighted by molar-refractivity contribution is 5.74. The lowest BCUT2D eigenvalue weighted by molar-refractivity contribution is -0.139. The second-order valence-electron chi connectivity index (χ2n) is 10.1. The van der Waals surface area contributed by atoms with Crippen LogP contribution >= 0.6 is 0 Å². The third-order valence-corrected chi connectivity index (χ3v) is 6.13. The molecule has 0 heterocycles. The molecule has 46 heavy (non-hydrogen) atoms. The zero-order valence-electron chi connectivity index (χ0n) is 25.7. The van der Waals surface area contributed by atoms with E-state index >= 15 is 0 Å². The number of hydrogen-bond donors (Lipinski definition) is 9. The molecule has 0 aromatic heterocycles. The van der Waals surface area contributed by atoms with Gasteiger partial charge in [-0.25, -0.2) is 0 Å². The van der Waals surface area contributed by atoms with Crippen LogP contribution in [0, 0.1) is 0 Å². The number of rotatable bonds is 14. The molecule has 0 aliphatic rings. The Labute approximate surface area is 269 Å². The lowest BCUT2D eigenvalue weighted by Crippen LogP contribution is -2.32. The van der Waals surface area contributed by atoms with E-state index in [-0.39, 0.29) is 0 Å². The van der Waals surface area contributed by atoms with E-state index in [2.05, 4.69) is 0 Å². The predicted octanol–water partition coefficient (Wildman–Crippen LogP) is 1.45. The fourth-order valence-electron chi connectivity index (χ4n) is 3.50. The Morgan fingerprint density at radius 3 is 0.935 bits per heavy atom. The molecule has 3 aromatic carbocycles. The van der Waals surface area contributed by atoms with Crippen LogP contribution in [0.1, 0.15) is 36.0 Å². The average molecular weight is 642 g/mol. The Kier molecular flexibility index (Phi) is 22.1. The third kappa shape index (κ3) is 21.1. The lowest BCUT2D eigenvalue weighted by atomic mass is 10.1. The molecule has 13 heteroatoms. The van der Waals surface area contributed by atoms with Crippen LogP contribution in [-0.2, 0) is 38.4 Å². The van der Waals surface area contributed by atoms with Gasteiger partial charge < -0.3 is 49.1 Å². The van der Waals surface area contributed by atoms with Gasteiger partial charge in [0.1, 0.15) is 24.2 Å². The van der Waals surface area contributed by atoms with Crippen molar-refractivity contribution in [2.75, 3.05) is 6.54 Å². The molecule has 0 aliphatic carbocycles. The Balaban J connectivity index is 0.000000589. The molecule has 0 radical (unpaired) electrons. The van der Waals surface area contributed by atoms with Crippen LogP contribution in [0.15, 0.2) is 91.0 Å². The molecule has 0 saturated heterocycles. The van der Waals surface area contributed by atoms with Crippen molar-refractivity contribution in [3.63, 3.8) is 0 Å². The summed E-state index contributed by atoms with van der Waals surface area (Å²) in [5.41, 5.74) is 29.3. The van der Waals surface area contributed by atoms with E-state index < -0.39 is 48.0 Å². The van der Waals surface area contributed by atoms with E-state index in [1.54, 1.807) is 0 Å². The number of aliphatic carboxylic acids is 4. The fourth-order valence-corrected chi connectivity index (χ4v) is 3.50. The number of hydrogen-bond acceptors (Lipinski definition) is 9. The fraction of sp³-hybridized carbons (Fsp3) is 0.333. The van der Waals surface area contributed by atoms with Crippen LogP contribution < -0.4 is 28.7 Å². The molecule has 0 bridgehead atoms. The van der Waals surface area contributed by atoms with Crippen molar-refractivity contribution >= 4 is 23.9 Å². The minimum absolute atomic E-state index is 0.385. The Morgan fingerprint density at radius 1 is 0.457 bits per heavy atom. The quantitative estimate of drug-likeness (QED) is 0.113. The van der Waals surface area contributed by atoms with Gasteiger partial charge in [0.05, 0.1) is 0 Å². The number of unbranched alkanes of at least 4 members (excludes halogenated alkanes) is 1. The van der Waals surface area contributed by atoms with Gasteiger partial charge in [0.2, 0.25) is 0 Å². The van der Waals surface area contributed by atoms with Gasteiger partial charge in [0, 0.05) is 0 Å². The van der Waals surface area contributed by atoms with E-state index in [9.17, 15) is 19.2 Å². The van der Waals surface area contributed by atoms with Crippen LogP contribution in [0.4, 0.5) is 0 Å². The van der Waals surface area contributed by atoms with Crippen LogP contribution in [0.5, 0.6) is 0 Å². The number of carbonyl (C=O) groups is 4. The molecule has 13 nitrogen and oxygen atoms in total. The minimum atomic E-state index is -0.959. The van der Waals surface area contributed by atoms with Gasteiger partial charge in [-0.15, -0.1) is 0 Å². The van der Waals surface area contributed by atoms with Crippen molar-refractivity contribution in [1.29, 1.82) is 0 Å². The molecule has 3 rings (SSSR count). The van der Waals surface area contributed by atoms with Crippen molar-refractivity contribution in [3.05, 3.63) is 108 Å². The second kappa shape index (κ2) is 24.6. The summed E-state index contributed by atoms with van der Waals surface area (Å²) < 4.78 is 0. The molecule has 0 amide bonds. The smallest absolute Gasteiger partial charge is 0.320 e. The van der Waals surface area contributed by atoms with Crippen molar-refractivity contribution in [3.8, 4) is 0 Å². The number of carboxylic acids is 4. The summed E-state index contributed by atoms with van der Waals surface area (Å²) in [6.45, 7) is 0.604. The molecule has 4 unspecified atom stereocenters. The SMILES string of the molecule is NC(Cc1ccccc1)C(=O)O.NC(Cc1ccccc1)C(=O)O.NC(Cc1ccccc1)C(=O)O.NCCCCC(N)C(=O)O. The number of carboxylic acid groups (broad SMARTS) is 4. The van der Waals surface area contributed by atoms with E-state index in [0.717, 1.165) is 29.5 Å². The van der Waals surface area contributed by atoms with Gasteiger partial charge in [0.15, 0.2) is 0 Å². The first-order valence-electron chi connectivity index (χ1n) is 14.5. The predicted molar refractivity (Wildman–Crippen MR) is 176 cm³/mol. The van der Waals surface area contributed by atoms with E-state index in [0.29, 0.717) is 32.2 Å². The summed E-state index contributed by atoms with van der Waals surface area (Å²) >= 11 is 0. The average Bonchev–Trinajstić information content (AvgIpc) is 3.03. The molecule has 3 aromatic rings. The zero-order valence-corrected chi connectivity index (χ0v) is 25.7. The van der Waals surface area contributed by atoms with Crippen LogP contribution in [0.2, 0.25) is 0 Å². The number of benzene rings is 3. The van der Waals surface area contributed by atoms with Gasteiger partial charge in [0.25, 0.3) is 0 Å². The number of nitrogens with two attached hydrogens (primary N) is 5. The molecule has 0 aliphatic heterocycles. The van der Waals surface area contributed by atoms with Crippen LogP contribution in [-0.4, -0.2) is 75.0 Å². The molecule has 14 N–H and O–H groups in total. The Hall–Kier alpha value is -4.66. The molecule has 4 atom stereocenters. The summed E-state index contributed by atoms with van der Waals surface area (Å²) in [7, 11) is 0. The summed E-state index contributed by atoms with van der Waals surface area (Å²) in [6, 6.07) is 24.9. The maximum atomic E-state index is 10.4. The van der Waals surface area contributed by atoms with Crippen molar-refractivity contribution in [2.45, 2.75) is 62.7 Å². The molecular weight excluding hydrogens is 594 g/mol. The maximum Gasteiger partial charge on any atom is 0.320 e. The summed E-state index contributed by atoms with van der Waals surface area (Å²) in [5, 5.41) is 33.9. The Morgan fingerprint density at radius 2 is 0.717 bits per heavy atom. The first-order chi connectivity index (χ1) is 21.8. The second-order valence-corrected chi connectivity index (χ2v) is 10.1. The third-order valence-electron chi connectivity index (χ3n) is 6.13. The first-order valence-corrected chi connectivity index (χ1v) is 14.5. The van der Waals surface area contributed by atoms with Crippen molar-refractivity contribution < 1.29 is 39.6 Å². The molecular formula is C33H47N5O8. The summed E-state index contributed by atoms with van der Waals surface area (Å²) in [4.78, 5) is 41.3. The lowest BCUT2D eigenvalue weighted by Gasteiger charge is -2.04.